The van der Waals surface area contributed by atoms with Crippen LogP contribution in [0, 0.1) is 16.7 Å². The highest BCUT2D eigenvalue weighted by Crippen LogP contribution is 2.69. The molecular weight excluding hydrogens is 256 g/mol. The summed E-state index contributed by atoms with van der Waals surface area (Å²) >= 11 is 0. The Bertz CT molecular complexity index is 515. The number of hydroxylamine groups is 1. The Morgan fingerprint density at radius 3 is 2.67 bits per heavy atom. The molecule has 2 bridgehead atoms. The Morgan fingerprint density at radius 2 is 2.11 bits per heavy atom. The van der Waals surface area contributed by atoms with Crippen molar-refractivity contribution < 1.29 is 18.4 Å². The smallest absolute Gasteiger partial charge is 0.287 e. The highest BCUT2D eigenvalue weighted by Gasteiger charge is 2.72. The van der Waals surface area contributed by atoms with E-state index >= 15 is 0 Å². The second-order valence-corrected chi connectivity index (χ2v) is 8.18. The molecule has 2 aliphatic carbocycles. The van der Waals surface area contributed by atoms with Gasteiger partial charge in [0.1, 0.15) is 0 Å². The molecule has 0 aromatic rings. The first kappa shape index (κ1) is 12.2. The van der Waals surface area contributed by atoms with Gasteiger partial charge < -0.3 is 0 Å². The molecule has 7 heteroatoms. The van der Waals surface area contributed by atoms with Crippen molar-refractivity contribution in [2.24, 2.45) is 16.7 Å². The molecule has 1 heterocycles. The molecule has 18 heavy (non-hydrogen) atoms. The van der Waals surface area contributed by atoms with Crippen LogP contribution < -0.4 is 5.48 Å². The third-order valence-corrected chi connectivity index (χ3v) is 7.61. The van der Waals surface area contributed by atoms with Crippen molar-refractivity contribution in [1.82, 2.24) is 9.79 Å². The van der Waals surface area contributed by atoms with Crippen molar-refractivity contribution in [3.05, 3.63) is 0 Å². The lowest BCUT2D eigenvalue weighted by Crippen LogP contribution is -2.47. The van der Waals surface area contributed by atoms with Gasteiger partial charge in [-0.2, -0.15) is 0 Å². The number of carbonyl (C=O) groups excluding carboxylic acids is 1. The Morgan fingerprint density at radius 1 is 1.44 bits per heavy atom. The van der Waals surface area contributed by atoms with Crippen LogP contribution in [0.1, 0.15) is 33.1 Å². The maximum atomic E-state index is 12.2. The maximum absolute atomic E-state index is 12.2. The fourth-order valence-electron chi connectivity index (χ4n) is 4.61. The number of urea groups is 1. The third kappa shape index (κ3) is 1.12. The van der Waals surface area contributed by atoms with Gasteiger partial charge in [-0.05, 0) is 30.6 Å². The molecule has 3 rings (SSSR count). The van der Waals surface area contributed by atoms with E-state index in [-0.39, 0.29) is 22.6 Å². The van der Waals surface area contributed by atoms with E-state index in [2.05, 4.69) is 13.8 Å². The summed E-state index contributed by atoms with van der Waals surface area (Å²) in [5.74, 6) is 0.494. The molecule has 2 saturated carbocycles. The molecule has 0 aromatic carbocycles. The van der Waals surface area contributed by atoms with Gasteiger partial charge in [0.15, 0.2) is 0 Å². The van der Waals surface area contributed by atoms with E-state index in [1.807, 2.05) is 0 Å². The van der Waals surface area contributed by atoms with E-state index in [4.69, 9.17) is 5.21 Å². The van der Waals surface area contributed by atoms with Crippen LogP contribution in [-0.2, 0) is 10.0 Å². The molecule has 0 unspecified atom stereocenters. The van der Waals surface area contributed by atoms with Crippen molar-refractivity contribution in [3.63, 3.8) is 0 Å². The number of fused-ring (bicyclic) bond motifs is 1. The molecular formula is C11H18N2O4S. The lowest BCUT2D eigenvalue weighted by molar-refractivity contribution is 0.101. The average molecular weight is 274 g/mol. The Kier molecular flexibility index (Phi) is 2.17. The number of hydrogen-bond donors (Lipinski definition) is 2. The van der Waals surface area contributed by atoms with E-state index in [0.29, 0.717) is 5.92 Å². The van der Waals surface area contributed by atoms with Crippen molar-refractivity contribution >= 4 is 16.1 Å². The fourth-order valence-corrected chi connectivity index (χ4v) is 7.07. The molecule has 3 atom stereocenters. The van der Waals surface area contributed by atoms with Crippen molar-refractivity contribution in [2.75, 3.05) is 5.75 Å². The third-order valence-electron chi connectivity index (χ3n) is 5.71. The number of hydrogen-bond acceptors (Lipinski definition) is 4. The van der Waals surface area contributed by atoms with Gasteiger partial charge in [0.05, 0.1) is 11.8 Å². The highest BCUT2D eigenvalue weighted by molar-refractivity contribution is 7.90. The Labute approximate surface area is 106 Å². The van der Waals surface area contributed by atoms with Gasteiger partial charge >= 0.3 is 6.03 Å². The van der Waals surface area contributed by atoms with Crippen molar-refractivity contribution in [1.29, 1.82) is 0 Å². The summed E-state index contributed by atoms with van der Waals surface area (Å²) in [5.41, 5.74) is 1.08. The molecule has 3 fully saturated rings. The lowest BCUT2D eigenvalue weighted by Gasteiger charge is -2.36. The summed E-state index contributed by atoms with van der Waals surface area (Å²) in [6.45, 7) is 4.22. The van der Waals surface area contributed by atoms with Crippen molar-refractivity contribution in [2.45, 2.75) is 39.2 Å². The van der Waals surface area contributed by atoms with Gasteiger partial charge in [-0.15, -0.1) is 0 Å². The minimum atomic E-state index is -3.61. The fraction of sp³-hybridized carbons (Fsp3) is 0.909. The largest absolute Gasteiger partial charge is 0.355 e. The number of amides is 2. The minimum Gasteiger partial charge on any atom is -0.287 e. The number of nitrogens with one attached hydrogen (secondary N) is 1. The zero-order valence-electron chi connectivity index (χ0n) is 10.5. The first-order chi connectivity index (χ1) is 8.26. The van der Waals surface area contributed by atoms with Crippen LogP contribution in [-0.4, -0.2) is 35.8 Å². The van der Waals surface area contributed by atoms with E-state index in [1.165, 1.54) is 5.48 Å². The minimum absolute atomic E-state index is 0.0294. The molecule has 1 spiro atoms. The number of carbonyl (C=O) groups is 1. The monoisotopic (exact) mass is 274 g/mol. The maximum Gasteiger partial charge on any atom is 0.355 e. The number of nitrogens with zero attached hydrogens (tertiary/aromatic N) is 1. The summed E-state index contributed by atoms with van der Waals surface area (Å²) < 4.78 is 25.3. The average Bonchev–Trinajstić information content (AvgIpc) is 2.74. The van der Waals surface area contributed by atoms with E-state index in [9.17, 15) is 13.2 Å². The topological polar surface area (TPSA) is 86.7 Å². The normalized spacial score (nSPS) is 42.9. The summed E-state index contributed by atoms with van der Waals surface area (Å²) in [6.07, 6.45) is 2.61. The molecule has 6 nitrogen and oxygen atoms in total. The van der Waals surface area contributed by atoms with Gasteiger partial charge in [-0.3, -0.25) is 5.21 Å². The van der Waals surface area contributed by atoms with Gasteiger partial charge in [-0.1, -0.05) is 13.8 Å². The van der Waals surface area contributed by atoms with Crippen LogP contribution in [0.4, 0.5) is 4.79 Å². The quantitative estimate of drug-likeness (QED) is 0.508. The lowest BCUT2D eigenvalue weighted by atomic mass is 9.69. The number of sulfonamides is 1. The van der Waals surface area contributed by atoms with Gasteiger partial charge in [0, 0.05) is 5.41 Å². The predicted molar refractivity (Wildman–Crippen MR) is 63.3 cm³/mol. The number of rotatable bonds is 0. The van der Waals surface area contributed by atoms with Crippen LogP contribution >= 0.6 is 0 Å². The second-order valence-electron chi connectivity index (χ2n) is 6.33. The van der Waals surface area contributed by atoms with Gasteiger partial charge in [0.25, 0.3) is 0 Å². The second kappa shape index (κ2) is 3.19. The molecule has 1 saturated heterocycles. The van der Waals surface area contributed by atoms with Crippen LogP contribution in [0.25, 0.3) is 0 Å². The Hall–Kier alpha value is -0.820. The molecule has 2 N–H and O–H groups in total. The summed E-state index contributed by atoms with van der Waals surface area (Å²) in [4.78, 5) is 11.6. The molecule has 1 aliphatic heterocycles. The highest BCUT2D eigenvalue weighted by atomic mass is 32.2. The van der Waals surface area contributed by atoms with E-state index in [1.54, 1.807) is 0 Å². The zero-order valence-corrected chi connectivity index (χ0v) is 11.3. The molecule has 102 valence electrons. The molecule has 0 radical (unpaired) electrons. The van der Waals surface area contributed by atoms with Crippen LogP contribution in [0.5, 0.6) is 0 Å². The van der Waals surface area contributed by atoms with Crippen LogP contribution in [0.2, 0.25) is 0 Å². The van der Waals surface area contributed by atoms with Crippen LogP contribution in [0.15, 0.2) is 0 Å². The summed E-state index contributed by atoms with van der Waals surface area (Å²) in [5, 5.41) is 8.74. The van der Waals surface area contributed by atoms with Gasteiger partial charge in [-0.25, -0.2) is 23.0 Å². The molecule has 3 aliphatic rings. The zero-order chi connectivity index (χ0) is 13.3. The summed E-state index contributed by atoms with van der Waals surface area (Å²) in [6, 6.07) is -1.20. The standard InChI is InChI=1S/C11H18N2O4S/c1-10(2)7-3-4-11(10)6-18(16,17)13(8(11)5-7)9(14)12-15/h7-8,15H,3-6H2,1-2H3,(H,12,14)/t7-,8-,11-/m1/s1. The molecule has 0 aromatic heterocycles. The first-order valence-corrected chi connectivity index (χ1v) is 7.83. The first-order valence-electron chi connectivity index (χ1n) is 6.22. The van der Waals surface area contributed by atoms with Crippen LogP contribution in [0.3, 0.4) is 0 Å². The SMILES string of the molecule is CC1(C)[C@@H]2CC[C@]13CS(=O)(=O)N(C(=O)NO)[C@@H]3C2. The van der Waals surface area contributed by atoms with E-state index in [0.717, 1.165) is 23.6 Å². The molecule has 2 amide bonds. The van der Waals surface area contributed by atoms with Gasteiger partial charge in [0.2, 0.25) is 10.0 Å². The summed E-state index contributed by atoms with van der Waals surface area (Å²) in [7, 11) is -3.61. The Balaban J connectivity index is 2.11. The van der Waals surface area contributed by atoms with E-state index < -0.39 is 16.1 Å². The van der Waals surface area contributed by atoms with Crippen molar-refractivity contribution in [3.8, 4) is 0 Å². The predicted octanol–water partition coefficient (Wildman–Crippen LogP) is 0.926.